The van der Waals surface area contributed by atoms with Gasteiger partial charge in [0.05, 0.1) is 0 Å². The highest BCUT2D eigenvalue weighted by atomic mass is 19.3. The lowest BCUT2D eigenvalue weighted by Gasteiger charge is -2.08. The summed E-state index contributed by atoms with van der Waals surface area (Å²) in [5, 5.41) is 0. The van der Waals surface area contributed by atoms with Crippen molar-refractivity contribution in [2.24, 2.45) is 0 Å². The second kappa shape index (κ2) is 2.99. The Morgan fingerprint density at radius 1 is 1.18 bits per heavy atom. The van der Waals surface area contributed by atoms with E-state index >= 15 is 0 Å². The Bertz CT molecular complexity index is 211. The molecule has 2 heteroatoms. The monoisotopic (exact) mass is 155 g/mol. The number of hydrogen-bond acceptors (Lipinski definition) is 0. The lowest BCUT2D eigenvalue weighted by Crippen LogP contribution is -2.13. The van der Waals surface area contributed by atoms with E-state index in [1.54, 1.807) is 30.3 Å². The van der Waals surface area contributed by atoms with Gasteiger partial charge in [-0.15, -0.1) is 0 Å². The van der Waals surface area contributed by atoms with Crippen LogP contribution < -0.4 is 0 Å². The van der Waals surface area contributed by atoms with E-state index in [1.807, 2.05) is 0 Å². The first-order valence-corrected chi connectivity index (χ1v) is 3.35. The minimum Gasteiger partial charge on any atom is -0.207 e. The van der Waals surface area contributed by atoms with Gasteiger partial charge in [-0.25, -0.2) is 8.78 Å². The Kier molecular flexibility index (Phi) is 2.22. The van der Waals surface area contributed by atoms with Crippen molar-refractivity contribution in [3.8, 4) is 0 Å². The van der Waals surface area contributed by atoms with Crippen molar-refractivity contribution in [3.05, 3.63) is 42.8 Å². The molecular weight excluding hydrogens is 146 g/mol. The number of hydrogen-bond donors (Lipinski definition) is 0. The minimum absolute atomic E-state index is 0.284. The normalized spacial score (nSPS) is 11.5. The van der Waals surface area contributed by atoms with Crippen LogP contribution in [0.4, 0.5) is 8.78 Å². The van der Waals surface area contributed by atoms with Crippen molar-refractivity contribution < 1.29 is 8.78 Å². The van der Waals surface area contributed by atoms with Crippen LogP contribution in [-0.2, 0) is 6.42 Å². The molecule has 0 spiro atoms. The molecule has 0 atom stereocenters. The predicted octanol–water partition coefficient (Wildman–Crippen LogP) is 2.70. The minimum atomic E-state index is -2.85. The first kappa shape index (κ1) is 8.18. The molecule has 0 saturated carbocycles. The standard InChI is InChI=1S/C9H9F2/c1-9(10,11)7-8-5-3-2-4-6-8/h2-6H,1,7H2. The van der Waals surface area contributed by atoms with Crippen molar-refractivity contribution in [1.82, 2.24) is 0 Å². The van der Waals surface area contributed by atoms with E-state index in [9.17, 15) is 8.78 Å². The maximum Gasteiger partial charge on any atom is 0.252 e. The van der Waals surface area contributed by atoms with Crippen molar-refractivity contribution in [1.29, 1.82) is 0 Å². The Balaban J connectivity index is 2.66. The van der Waals surface area contributed by atoms with E-state index in [1.165, 1.54) is 0 Å². The fraction of sp³-hybridized carbons (Fsp3) is 0.222. The summed E-state index contributed by atoms with van der Waals surface area (Å²) in [6, 6.07) is 8.60. The van der Waals surface area contributed by atoms with Gasteiger partial charge in [0.1, 0.15) is 0 Å². The van der Waals surface area contributed by atoms with Gasteiger partial charge < -0.3 is 0 Å². The molecule has 0 amide bonds. The third-order valence-corrected chi connectivity index (χ3v) is 1.31. The van der Waals surface area contributed by atoms with Crippen LogP contribution in [0.15, 0.2) is 30.3 Å². The molecule has 59 valence electrons. The molecule has 1 rings (SSSR count). The summed E-state index contributed by atoms with van der Waals surface area (Å²) < 4.78 is 24.6. The molecule has 1 radical (unpaired) electrons. The predicted molar refractivity (Wildman–Crippen MR) is 40.5 cm³/mol. The Morgan fingerprint density at radius 2 is 1.73 bits per heavy atom. The number of benzene rings is 1. The zero-order valence-corrected chi connectivity index (χ0v) is 6.06. The molecule has 0 N–H and O–H groups in total. The lowest BCUT2D eigenvalue weighted by molar-refractivity contribution is 0.0525. The van der Waals surface area contributed by atoms with Gasteiger partial charge in [0.25, 0.3) is 5.92 Å². The summed E-state index contributed by atoms with van der Waals surface area (Å²) >= 11 is 0. The SMILES string of the molecule is [CH2]C(F)(F)Cc1ccccc1. The lowest BCUT2D eigenvalue weighted by atomic mass is 10.1. The fourth-order valence-corrected chi connectivity index (χ4v) is 0.895. The van der Waals surface area contributed by atoms with Crippen molar-refractivity contribution in [3.63, 3.8) is 0 Å². The molecule has 0 aromatic heterocycles. The van der Waals surface area contributed by atoms with E-state index in [-0.39, 0.29) is 6.42 Å². The largest absolute Gasteiger partial charge is 0.252 e. The molecular formula is C9H9F2. The van der Waals surface area contributed by atoms with E-state index in [2.05, 4.69) is 6.92 Å². The van der Waals surface area contributed by atoms with Crippen LogP contribution in [0.1, 0.15) is 5.56 Å². The zero-order chi connectivity index (χ0) is 8.32. The first-order chi connectivity index (χ1) is 5.08. The highest BCUT2D eigenvalue weighted by Crippen LogP contribution is 2.17. The smallest absolute Gasteiger partial charge is 0.207 e. The molecule has 11 heavy (non-hydrogen) atoms. The van der Waals surface area contributed by atoms with Gasteiger partial charge in [0, 0.05) is 13.3 Å². The third kappa shape index (κ3) is 3.12. The average Bonchev–Trinajstić information content (AvgIpc) is 1.85. The van der Waals surface area contributed by atoms with Crippen molar-refractivity contribution >= 4 is 0 Å². The molecule has 0 heterocycles. The summed E-state index contributed by atoms with van der Waals surface area (Å²) in [5.74, 6) is -2.85. The summed E-state index contributed by atoms with van der Waals surface area (Å²) in [7, 11) is 0. The molecule has 0 bridgehead atoms. The van der Waals surface area contributed by atoms with Crippen LogP contribution >= 0.6 is 0 Å². The molecule has 0 aliphatic heterocycles. The van der Waals surface area contributed by atoms with Gasteiger partial charge in [0.2, 0.25) is 0 Å². The van der Waals surface area contributed by atoms with Crippen LogP contribution in [0.25, 0.3) is 0 Å². The highest BCUT2D eigenvalue weighted by Gasteiger charge is 2.21. The molecule has 0 aliphatic carbocycles. The topological polar surface area (TPSA) is 0 Å². The molecule has 0 fully saturated rings. The van der Waals surface area contributed by atoms with E-state index in [4.69, 9.17) is 0 Å². The van der Waals surface area contributed by atoms with Gasteiger partial charge in [0.15, 0.2) is 0 Å². The maximum absolute atomic E-state index is 12.3. The second-order valence-electron chi connectivity index (χ2n) is 2.52. The number of alkyl halides is 2. The molecule has 0 unspecified atom stereocenters. The third-order valence-electron chi connectivity index (χ3n) is 1.31. The molecule has 0 aliphatic rings. The van der Waals surface area contributed by atoms with Gasteiger partial charge in [-0.05, 0) is 5.56 Å². The first-order valence-electron chi connectivity index (χ1n) is 3.35. The van der Waals surface area contributed by atoms with Gasteiger partial charge >= 0.3 is 0 Å². The van der Waals surface area contributed by atoms with Crippen LogP contribution in [0.2, 0.25) is 0 Å². The molecule has 0 saturated heterocycles. The number of halogens is 2. The Labute approximate surface area is 64.9 Å². The van der Waals surface area contributed by atoms with E-state index < -0.39 is 5.92 Å². The fourth-order valence-electron chi connectivity index (χ4n) is 0.895. The van der Waals surface area contributed by atoms with E-state index in [0.29, 0.717) is 5.56 Å². The van der Waals surface area contributed by atoms with Crippen LogP contribution in [0, 0.1) is 6.92 Å². The quantitative estimate of drug-likeness (QED) is 0.616. The highest BCUT2D eigenvalue weighted by molar-refractivity contribution is 5.16. The summed E-state index contributed by atoms with van der Waals surface area (Å²) in [4.78, 5) is 0. The summed E-state index contributed by atoms with van der Waals surface area (Å²) in [5.41, 5.74) is 0.618. The van der Waals surface area contributed by atoms with Crippen molar-refractivity contribution in [2.75, 3.05) is 0 Å². The number of rotatable bonds is 2. The van der Waals surface area contributed by atoms with Gasteiger partial charge in [-0.1, -0.05) is 30.3 Å². The molecule has 1 aromatic carbocycles. The Hall–Kier alpha value is -0.920. The van der Waals surface area contributed by atoms with Crippen LogP contribution in [-0.4, -0.2) is 5.92 Å². The van der Waals surface area contributed by atoms with Gasteiger partial charge in [-0.3, -0.25) is 0 Å². The zero-order valence-electron chi connectivity index (χ0n) is 6.06. The average molecular weight is 155 g/mol. The summed E-state index contributed by atoms with van der Waals surface area (Å²) in [6.45, 7) is 2.73. The van der Waals surface area contributed by atoms with Crippen LogP contribution in [0.5, 0.6) is 0 Å². The second-order valence-corrected chi connectivity index (χ2v) is 2.52. The van der Waals surface area contributed by atoms with E-state index in [0.717, 1.165) is 0 Å². The van der Waals surface area contributed by atoms with Gasteiger partial charge in [-0.2, -0.15) is 0 Å². The summed E-state index contributed by atoms with van der Waals surface area (Å²) in [6.07, 6.45) is -0.284. The molecule has 0 nitrogen and oxygen atoms in total. The van der Waals surface area contributed by atoms with Crippen molar-refractivity contribution in [2.45, 2.75) is 12.3 Å². The maximum atomic E-state index is 12.3. The molecule has 1 aromatic rings. The Morgan fingerprint density at radius 3 is 2.18 bits per heavy atom. The van der Waals surface area contributed by atoms with Crippen LogP contribution in [0.3, 0.4) is 0 Å².